The average Bonchev–Trinajstić information content (AvgIpc) is 2.34. The van der Waals surface area contributed by atoms with E-state index in [2.05, 4.69) is 25.7 Å². The molecule has 1 saturated heterocycles. The molecule has 2 unspecified atom stereocenters. The van der Waals surface area contributed by atoms with Crippen LogP contribution in [0, 0.1) is 11.3 Å². The lowest BCUT2D eigenvalue weighted by Gasteiger charge is -2.44. The number of piperidine rings is 1. The molecular weight excluding hydrogens is 232 g/mol. The molecule has 0 radical (unpaired) electrons. The van der Waals surface area contributed by atoms with Crippen molar-refractivity contribution in [3.8, 4) is 0 Å². The van der Waals surface area contributed by atoms with Crippen molar-refractivity contribution < 1.29 is 0 Å². The second-order valence-corrected chi connectivity index (χ2v) is 7.90. The molecule has 2 aliphatic rings. The van der Waals surface area contributed by atoms with E-state index < -0.39 is 0 Å². The Hall–Kier alpha value is -0.0800. The molecule has 0 aromatic carbocycles. The maximum atomic E-state index is 6.46. The highest BCUT2D eigenvalue weighted by Crippen LogP contribution is 2.35. The normalized spacial score (nSPS) is 32.8. The highest BCUT2D eigenvalue weighted by Gasteiger charge is 2.33. The molecule has 112 valence electrons. The van der Waals surface area contributed by atoms with E-state index in [1.165, 1.54) is 64.5 Å². The lowest BCUT2D eigenvalue weighted by molar-refractivity contribution is 0.0652. The molecule has 2 heteroatoms. The predicted molar refractivity (Wildman–Crippen MR) is 83.2 cm³/mol. The summed E-state index contributed by atoms with van der Waals surface area (Å²) >= 11 is 0. The second kappa shape index (κ2) is 6.58. The molecule has 0 bridgehead atoms. The van der Waals surface area contributed by atoms with Crippen molar-refractivity contribution in [2.45, 2.75) is 84.2 Å². The summed E-state index contributed by atoms with van der Waals surface area (Å²) in [5.74, 6) is 0.897. The van der Waals surface area contributed by atoms with E-state index in [1.54, 1.807) is 0 Å². The zero-order chi connectivity index (χ0) is 13.9. The van der Waals surface area contributed by atoms with E-state index in [1.807, 2.05) is 0 Å². The Kier molecular flexibility index (Phi) is 5.30. The first-order valence-corrected chi connectivity index (χ1v) is 8.48. The number of rotatable bonds is 1. The lowest BCUT2D eigenvalue weighted by Crippen LogP contribution is -2.51. The molecule has 1 heterocycles. The van der Waals surface area contributed by atoms with Gasteiger partial charge in [0.1, 0.15) is 0 Å². The first-order valence-electron chi connectivity index (χ1n) is 8.48. The van der Waals surface area contributed by atoms with E-state index >= 15 is 0 Å². The smallest absolute Gasteiger partial charge is 0.0247 e. The molecule has 2 fully saturated rings. The van der Waals surface area contributed by atoms with Gasteiger partial charge in [-0.3, -0.25) is 4.90 Å². The summed E-state index contributed by atoms with van der Waals surface area (Å²) in [5.41, 5.74) is 6.94. The molecule has 0 aromatic rings. The summed E-state index contributed by atoms with van der Waals surface area (Å²) in [6.45, 7) is 9.75. The number of hydrogen-bond donors (Lipinski definition) is 1. The third-order valence-corrected chi connectivity index (χ3v) is 5.50. The molecule has 0 aromatic heterocycles. The maximum Gasteiger partial charge on any atom is 0.0247 e. The van der Waals surface area contributed by atoms with Crippen molar-refractivity contribution in [1.82, 2.24) is 4.90 Å². The largest absolute Gasteiger partial charge is 0.326 e. The van der Waals surface area contributed by atoms with Crippen LogP contribution in [0.15, 0.2) is 0 Å². The van der Waals surface area contributed by atoms with Crippen molar-refractivity contribution in [2.75, 3.05) is 13.1 Å². The number of hydrogen-bond acceptors (Lipinski definition) is 2. The minimum atomic E-state index is 0.423. The van der Waals surface area contributed by atoms with Crippen LogP contribution < -0.4 is 5.73 Å². The highest BCUT2D eigenvalue weighted by atomic mass is 15.2. The molecule has 2 atom stereocenters. The number of nitrogens with zero attached hydrogens (tertiary/aromatic N) is 1. The Morgan fingerprint density at radius 2 is 1.42 bits per heavy atom. The van der Waals surface area contributed by atoms with Crippen LogP contribution in [0.4, 0.5) is 0 Å². The minimum Gasteiger partial charge on any atom is -0.326 e. The van der Waals surface area contributed by atoms with Crippen LogP contribution in [0.5, 0.6) is 0 Å². The van der Waals surface area contributed by atoms with Crippen molar-refractivity contribution in [2.24, 2.45) is 17.1 Å². The number of nitrogens with two attached hydrogens (primary N) is 1. The predicted octanol–water partition coefficient (Wildman–Crippen LogP) is 3.79. The first kappa shape index (κ1) is 15.3. The Morgan fingerprint density at radius 1 is 0.842 bits per heavy atom. The van der Waals surface area contributed by atoms with Crippen LogP contribution in [-0.2, 0) is 0 Å². The molecule has 0 amide bonds. The first-order chi connectivity index (χ1) is 8.98. The van der Waals surface area contributed by atoms with Gasteiger partial charge < -0.3 is 5.73 Å². The summed E-state index contributed by atoms with van der Waals surface area (Å²) in [6.07, 6.45) is 10.9. The standard InChI is InChI=1S/C17H34N2/c1-17(2,3)14-10-12-19(13-11-14)16-9-7-5-4-6-8-15(16)18/h14-16H,4-13,18H2,1-3H3. The van der Waals surface area contributed by atoms with Crippen molar-refractivity contribution >= 4 is 0 Å². The van der Waals surface area contributed by atoms with Gasteiger partial charge in [0, 0.05) is 12.1 Å². The van der Waals surface area contributed by atoms with Crippen LogP contribution >= 0.6 is 0 Å². The van der Waals surface area contributed by atoms with E-state index in [-0.39, 0.29) is 0 Å². The second-order valence-electron chi connectivity index (χ2n) is 7.90. The van der Waals surface area contributed by atoms with Crippen molar-refractivity contribution in [3.63, 3.8) is 0 Å². The Labute approximate surface area is 120 Å². The monoisotopic (exact) mass is 266 g/mol. The Morgan fingerprint density at radius 3 is 2.00 bits per heavy atom. The van der Waals surface area contributed by atoms with Gasteiger partial charge in [0.15, 0.2) is 0 Å². The summed E-state index contributed by atoms with van der Waals surface area (Å²) in [6, 6.07) is 1.09. The third-order valence-electron chi connectivity index (χ3n) is 5.50. The fourth-order valence-electron chi connectivity index (χ4n) is 4.04. The van der Waals surface area contributed by atoms with Crippen LogP contribution in [0.1, 0.15) is 72.1 Å². The van der Waals surface area contributed by atoms with Gasteiger partial charge in [-0.15, -0.1) is 0 Å². The topological polar surface area (TPSA) is 29.3 Å². The third kappa shape index (κ3) is 4.19. The molecule has 2 rings (SSSR count). The molecule has 2 nitrogen and oxygen atoms in total. The van der Waals surface area contributed by atoms with Gasteiger partial charge in [0.25, 0.3) is 0 Å². The fraction of sp³-hybridized carbons (Fsp3) is 1.00. The molecule has 2 N–H and O–H groups in total. The summed E-state index contributed by atoms with van der Waals surface area (Å²) in [5, 5.41) is 0. The van der Waals surface area contributed by atoms with Crippen LogP contribution in [-0.4, -0.2) is 30.1 Å². The van der Waals surface area contributed by atoms with Gasteiger partial charge in [-0.1, -0.05) is 46.5 Å². The maximum absolute atomic E-state index is 6.46. The van der Waals surface area contributed by atoms with Gasteiger partial charge in [-0.25, -0.2) is 0 Å². The summed E-state index contributed by atoms with van der Waals surface area (Å²) in [7, 11) is 0. The zero-order valence-electron chi connectivity index (χ0n) is 13.3. The molecule has 1 saturated carbocycles. The van der Waals surface area contributed by atoms with E-state index in [0.29, 0.717) is 17.5 Å². The van der Waals surface area contributed by atoms with E-state index in [0.717, 1.165) is 5.92 Å². The van der Waals surface area contributed by atoms with E-state index in [9.17, 15) is 0 Å². The van der Waals surface area contributed by atoms with Gasteiger partial charge in [-0.05, 0) is 50.1 Å². The Balaban J connectivity index is 1.88. The Bertz CT molecular complexity index is 261. The van der Waals surface area contributed by atoms with Crippen LogP contribution in [0.3, 0.4) is 0 Å². The molecule has 1 aliphatic carbocycles. The molecule has 1 aliphatic heterocycles. The average molecular weight is 266 g/mol. The minimum absolute atomic E-state index is 0.423. The quantitative estimate of drug-likeness (QED) is 0.782. The van der Waals surface area contributed by atoms with Crippen LogP contribution in [0.25, 0.3) is 0 Å². The summed E-state index contributed by atoms with van der Waals surface area (Å²) in [4.78, 5) is 2.72. The van der Waals surface area contributed by atoms with Crippen LogP contribution in [0.2, 0.25) is 0 Å². The van der Waals surface area contributed by atoms with Gasteiger partial charge in [0.05, 0.1) is 0 Å². The van der Waals surface area contributed by atoms with Gasteiger partial charge in [0.2, 0.25) is 0 Å². The lowest BCUT2D eigenvalue weighted by atomic mass is 9.75. The van der Waals surface area contributed by atoms with Gasteiger partial charge in [-0.2, -0.15) is 0 Å². The van der Waals surface area contributed by atoms with Gasteiger partial charge >= 0.3 is 0 Å². The van der Waals surface area contributed by atoms with Crippen molar-refractivity contribution in [1.29, 1.82) is 0 Å². The fourth-order valence-corrected chi connectivity index (χ4v) is 4.04. The van der Waals surface area contributed by atoms with E-state index in [4.69, 9.17) is 5.73 Å². The molecular formula is C17H34N2. The SMILES string of the molecule is CC(C)(C)C1CCN(C2CCCCCCC2N)CC1. The molecule has 0 spiro atoms. The summed E-state index contributed by atoms with van der Waals surface area (Å²) < 4.78 is 0. The highest BCUT2D eigenvalue weighted by molar-refractivity contribution is 4.88. The number of likely N-dealkylation sites (tertiary alicyclic amines) is 1. The zero-order valence-corrected chi connectivity index (χ0v) is 13.3. The molecule has 19 heavy (non-hydrogen) atoms. The van der Waals surface area contributed by atoms with Crippen molar-refractivity contribution in [3.05, 3.63) is 0 Å².